The molecule has 1 amide bonds. The summed E-state index contributed by atoms with van der Waals surface area (Å²) >= 11 is 6.52. The molecule has 1 aromatic heterocycles. The number of hydrogen-bond donors (Lipinski definition) is 2. The number of halogens is 1. The lowest BCUT2D eigenvalue weighted by Gasteiger charge is -2.14. The molecule has 2 N–H and O–H groups in total. The van der Waals surface area contributed by atoms with E-state index >= 15 is 0 Å². The number of aromatic nitrogens is 1. The van der Waals surface area contributed by atoms with Gasteiger partial charge in [-0.15, -0.1) is 0 Å². The van der Waals surface area contributed by atoms with Gasteiger partial charge in [0.05, 0.1) is 9.92 Å². The summed E-state index contributed by atoms with van der Waals surface area (Å²) in [5.74, 6) is -0.349. The molecular formula is C30H25ClN2O3S. The van der Waals surface area contributed by atoms with Crippen molar-refractivity contribution >= 4 is 43.9 Å². The Hall–Kier alpha value is -3.87. The van der Waals surface area contributed by atoms with Crippen LogP contribution >= 0.6 is 11.6 Å². The van der Waals surface area contributed by atoms with E-state index in [2.05, 4.69) is 10.3 Å². The van der Waals surface area contributed by atoms with Gasteiger partial charge in [0.1, 0.15) is 0 Å². The number of carbonyl (C=O) groups is 1. The number of anilines is 1. The predicted octanol–water partition coefficient (Wildman–Crippen LogP) is 7.43. The molecule has 5 nitrogen and oxygen atoms in total. The van der Waals surface area contributed by atoms with Crippen LogP contribution < -0.4 is 5.32 Å². The molecule has 0 saturated heterocycles. The fourth-order valence-corrected chi connectivity index (χ4v) is 5.19. The lowest BCUT2D eigenvalue weighted by atomic mass is 9.96. The standard InChI is InChI=1S/C30H25ClN2O3S/c1-18-8-9-20(14-19(18)2)25-17-23(37(3,35)36)11-12-24(25)30(34)32-22-10-13-27(31)26(16-22)29-15-21-6-4-5-7-28(21)33-29/h4-17,33H,1-3H3,(H,32,34). The van der Waals surface area contributed by atoms with Crippen LogP contribution in [0.15, 0.2) is 89.8 Å². The molecule has 0 atom stereocenters. The normalized spacial score (nSPS) is 11.6. The summed E-state index contributed by atoms with van der Waals surface area (Å²) in [5, 5.41) is 4.58. The zero-order valence-electron chi connectivity index (χ0n) is 20.6. The molecule has 4 aromatic carbocycles. The molecule has 0 radical (unpaired) electrons. The van der Waals surface area contributed by atoms with Gasteiger partial charge >= 0.3 is 0 Å². The molecule has 0 fully saturated rings. The second-order valence-electron chi connectivity index (χ2n) is 9.20. The summed E-state index contributed by atoms with van der Waals surface area (Å²) in [6.45, 7) is 3.99. The first-order chi connectivity index (χ1) is 17.6. The number of benzene rings is 4. The number of rotatable bonds is 5. The molecule has 0 aliphatic carbocycles. The highest BCUT2D eigenvalue weighted by atomic mass is 35.5. The Balaban J connectivity index is 1.54. The van der Waals surface area contributed by atoms with E-state index in [1.54, 1.807) is 24.3 Å². The Morgan fingerprint density at radius 1 is 0.838 bits per heavy atom. The van der Waals surface area contributed by atoms with E-state index in [9.17, 15) is 13.2 Å². The Morgan fingerprint density at radius 2 is 1.62 bits per heavy atom. The second-order valence-corrected chi connectivity index (χ2v) is 11.6. The number of aryl methyl sites for hydroxylation is 2. The van der Waals surface area contributed by atoms with Gasteiger partial charge in [0.25, 0.3) is 5.91 Å². The minimum Gasteiger partial charge on any atom is -0.354 e. The molecule has 5 rings (SSSR count). The van der Waals surface area contributed by atoms with Crippen LogP contribution in [-0.4, -0.2) is 25.6 Å². The zero-order valence-corrected chi connectivity index (χ0v) is 22.2. The average molecular weight is 529 g/mol. The van der Waals surface area contributed by atoms with E-state index in [0.717, 1.165) is 45.1 Å². The molecule has 0 aliphatic rings. The first-order valence-electron chi connectivity index (χ1n) is 11.7. The van der Waals surface area contributed by atoms with Crippen molar-refractivity contribution in [3.8, 4) is 22.4 Å². The summed E-state index contributed by atoms with van der Waals surface area (Å²) in [6, 6.07) is 25.7. The largest absolute Gasteiger partial charge is 0.354 e. The Kier molecular flexibility index (Phi) is 6.40. The van der Waals surface area contributed by atoms with Crippen LogP contribution in [0, 0.1) is 13.8 Å². The second kappa shape index (κ2) is 9.54. The molecule has 7 heteroatoms. The van der Waals surface area contributed by atoms with E-state index in [1.165, 1.54) is 6.07 Å². The van der Waals surface area contributed by atoms with E-state index < -0.39 is 9.84 Å². The summed E-state index contributed by atoms with van der Waals surface area (Å²) < 4.78 is 24.5. The molecule has 0 bridgehead atoms. The Labute approximate surface area is 221 Å². The van der Waals surface area contributed by atoms with Crippen molar-refractivity contribution in [3.63, 3.8) is 0 Å². The maximum absolute atomic E-state index is 13.5. The topological polar surface area (TPSA) is 79.0 Å². The lowest BCUT2D eigenvalue weighted by molar-refractivity contribution is 0.102. The fourth-order valence-electron chi connectivity index (χ4n) is 4.33. The highest BCUT2D eigenvalue weighted by Crippen LogP contribution is 2.33. The van der Waals surface area contributed by atoms with E-state index in [0.29, 0.717) is 21.8 Å². The zero-order chi connectivity index (χ0) is 26.3. The van der Waals surface area contributed by atoms with Crippen molar-refractivity contribution in [2.24, 2.45) is 0 Å². The quantitative estimate of drug-likeness (QED) is 0.249. The van der Waals surface area contributed by atoms with Gasteiger partial charge in [-0.2, -0.15) is 0 Å². The number of aromatic amines is 1. The molecule has 5 aromatic rings. The van der Waals surface area contributed by atoms with E-state index in [-0.39, 0.29) is 10.8 Å². The van der Waals surface area contributed by atoms with Crippen molar-refractivity contribution < 1.29 is 13.2 Å². The molecule has 1 heterocycles. The van der Waals surface area contributed by atoms with E-state index in [1.807, 2.05) is 68.4 Å². The summed E-state index contributed by atoms with van der Waals surface area (Å²) in [5.41, 5.74) is 7.02. The van der Waals surface area contributed by atoms with Crippen LogP contribution in [0.3, 0.4) is 0 Å². The molecule has 0 aliphatic heterocycles. The summed E-state index contributed by atoms with van der Waals surface area (Å²) in [6.07, 6.45) is 1.16. The number of carbonyl (C=O) groups excluding carboxylic acids is 1. The van der Waals surface area contributed by atoms with Crippen molar-refractivity contribution in [3.05, 3.63) is 107 Å². The number of hydrogen-bond acceptors (Lipinski definition) is 3. The van der Waals surface area contributed by atoms with Crippen molar-refractivity contribution in [1.82, 2.24) is 4.98 Å². The van der Waals surface area contributed by atoms with Crippen LogP contribution in [0.4, 0.5) is 5.69 Å². The van der Waals surface area contributed by atoms with Gasteiger partial charge in [0, 0.05) is 39.7 Å². The molecule has 0 saturated carbocycles. The van der Waals surface area contributed by atoms with Crippen molar-refractivity contribution in [2.45, 2.75) is 18.7 Å². The minimum atomic E-state index is -3.46. The fraction of sp³-hybridized carbons (Fsp3) is 0.100. The van der Waals surface area contributed by atoms with Gasteiger partial charge in [0.15, 0.2) is 9.84 Å². The molecular weight excluding hydrogens is 504 g/mol. The van der Waals surface area contributed by atoms with Gasteiger partial charge in [-0.3, -0.25) is 4.79 Å². The molecule has 37 heavy (non-hydrogen) atoms. The maximum atomic E-state index is 13.5. The third-order valence-corrected chi connectivity index (χ3v) is 7.97. The number of amides is 1. The minimum absolute atomic E-state index is 0.157. The first-order valence-corrected chi connectivity index (χ1v) is 14.0. The summed E-state index contributed by atoms with van der Waals surface area (Å²) in [7, 11) is -3.46. The third kappa shape index (κ3) is 5.03. The van der Waals surface area contributed by atoms with Crippen LogP contribution in [0.2, 0.25) is 5.02 Å². The van der Waals surface area contributed by atoms with Gasteiger partial charge in [-0.25, -0.2) is 8.42 Å². The number of para-hydroxylation sites is 1. The first kappa shape index (κ1) is 24.8. The van der Waals surface area contributed by atoms with Gasteiger partial charge in [-0.05, 0) is 84.6 Å². The monoisotopic (exact) mass is 528 g/mol. The van der Waals surface area contributed by atoms with Crippen molar-refractivity contribution in [1.29, 1.82) is 0 Å². The molecule has 0 spiro atoms. The predicted molar refractivity (Wildman–Crippen MR) is 151 cm³/mol. The average Bonchev–Trinajstić information content (AvgIpc) is 3.30. The SMILES string of the molecule is Cc1ccc(-c2cc(S(C)(=O)=O)ccc2C(=O)Nc2ccc(Cl)c(-c3cc4ccccc4[nH]3)c2)cc1C. The summed E-state index contributed by atoms with van der Waals surface area (Å²) in [4.78, 5) is 17.0. The van der Waals surface area contributed by atoms with Crippen LogP contribution in [-0.2, 0) is 9.84 Å². The number of sulfone groups is 1. The number of fused-ring (bicyclic) bond motifs is 1. The third-order valence-electron chi connectivity index (χ3n) is 6.53. The van der Waals surface area contributed by atoms with Crippen molar-refractivity contribution in [2.75, 3.05) is 11.6 Å². The maximum Gasteiger partial charge on any atom is 0.256 e. The molecule has 186 valence electrons. The van der Waals surface area contributed by atoms with Gasteiger partial charge in [-0.1, -0.05) is 48.0 Å². The Morgan fingerprint density at radius 3 is 2.35 bits per heavy atom. The number of H-pyrrole nitrogens is 1. The van der Waals surface area contributed by atoms with Gasteiger partial charge in [0.2, 0.25) is 0 Å². The molecule has 0 unspecified atom stereocenters. The Bertz CT molecular complexity index is 1760. The smallest absolute Gasteiger partial charge is 0.256 e. The van der Waals surface area contributed by atoms with Crippen LogP contribution in [0.5, 0.6) is 0 Å². The highest BCUT2D eigenvalue weighted by Gasteiger charge is 2.18. The highest BCUT2D eigenvalue weighted by molar-refractivity contribution is 7.90. The van der Waals surface area contributed by atoms with Crippen LogP contribution in [0.25, 0.3) is 33.3 Å². The van der Waals surface area contributed by atoms with Gasteiger partial charge < -0.3 is 10.3 Å². The lowest BCUT2D eigenvalue weighted by Crippen LogP contribution is -2.14. The number of nitrogens with one attached hydrogen (secondary N) is 2. The van der Waals surface area contributed by atoms with Crippen LogP contribution in [0.1, 0.15) is 21.5 Å². The van der Waals surface area contributed by atoms with E-state index in [4.69, 9.17) is 11.6 Å².